The number of aryl methyl sites for hydroxylation is 3. The van der Waals surface area contributed by atoms with Gasteiger partial charge in [0, 0.05) is 44.5 Å². The predicted octanol–water partition coefficient (Wildman–Crippen LogP) is 2.30. The standard InChI is InChI=1S/C15H20F3N5/c1-10-12(8-22(2)21-10)6-19-5-11-3-4-14-20-13(15(16,17)18)9-23(14)7-11/h8-9,11,19H,3-7H2,1-2H3/t11-/m0/s1. The number of aromatic nitrogens is 4. The first-order valence-electron chi connectivity index (χ1n) is 7.66. The Morgan fingerprint density at radius 2 is 2.13 bits per heavy atom. The van der Waals surface area contributed by atoms with Crippen molar-refractivity contribution in [3.8, 4) is 0 Å². The van der Waals surface area contributed by atoms with Crippen LogP contribution in [0.1, 0.15) is 29.2 Å². The lowest BCUT2D eigenvalue weighted by Crippen LogP contribution is -2.29. The van der Waals surface area contributed by atoms with Gasteiger partial charge < -0.3 is 9.88 Å². The molecule has 0 amide bonds. The molecule has 0 fully saturated rings. The second-order valence-corrected chi connectivity index (χ2v) is 6.14. The van der Waals surface area contributed by atoms with Gasteiger partial charge in [-0.3, -0.25) is 4.68 Å². The second-order valence-electron chi connectivity index (χ2n) is 6.14. The minimum absolute atomic E-state index is 0.315. The van der Waals surface area contributed by atoms with Gasteiger partial charge in [0.25, 0.3) is 0 Å². The third kappa shape index (κ3) is 3.57. The van der Waals surface area contributed by atoms with E-state index in [1.54, 1.807) is 9.25 Å². The van der Waals surface area contributed by atoms with E-state index in [9.17, 15) is 13.2 Å². The quantitative estimate of drug-likeness (QED) is 0.937. The molecule has 0 spiro atoms. The van der Waals surface area contributed by atoms with Gasteiger partial charge in [-0.15, -0.1) is 0 Å². The van der Waals surface area contributed by atoms with Crippen LogP contribution in [-0.4, -0.2) is 25.9 Å². The molecule has 3 heterocycles. The molecule has 1 atom stereocenters. The fourth-order valence-corrected chi connectivity index (χ4v) is 3.05. The molecule has 0 saturated heterocycles. The lowest BCUT2D eigenvalue weighted by atomic mass is 9.99. The summed E-state index contributed by atoms with van der Waals surface area (Å²) in [7, 11) is 1.89. The summed E-state index contributed by atoms with van der Waals surface area (Å²) in [5.41, 5.74) is 1.36. The maximum absolute atomic E-state index is 12.7. The third-order valence-corrected chi connectivity index (χ3v) is 4.24. The number of halogens is 3. The number of rotatable bonds is 4. The van der Waals surface area contributed by atoms with Crippen LogP contribution in [0.2, 0.25) is 0 Å². The van der Waals surface area contributed by atoms with E-state index in [1.807, 2.05) is 20.2 Å². The summed E-state index contributed by atoms with van der Waals surface area (Å²) in [6.07, 6.45) is 0.192. The van der Waals surface area contributed by atoms with Crippen molar-refractivity contribution in [1.82, 2.24) is 24.6 Å². The van der Waals surface area contributed by atoms with Gasteiger partial charge in [0.2, 0.25) is 0 Å². The molecule has 0 unspecified atom stereocenters. The monoisotopic (exact) mass is 327 g/mol. The van der Waals surface area contributed by atoms with Crippen LogP contribution in [0.3, 0.4) is 0 Å². The summed E-state index contributed by atoms with van der Waals surface area (Å²) in [6.45, 7) is 4.04. The van der Waals surface area contributed by atoms with Crippen LogP contribution in [0, 0.1) is 12.8 Å². The number of alkyl halides is 3. The molecule has 3 rings (SSSR count). The van der Waals surface area contributed by atoms with Crippen molar-refractivity contribution < 1.29 is 13.2 Å². The van der Waals surface area contributed by atoms with E-state index in [2.05, 4.69) is 15.4 Å². The highest BCUT2D eigenvalue weighted by Crippen LogP contribution is 2.30. The summed E-state index contributed by atoms with van der Waals surface area (Å²) in [6, 6.07) is 0. The molecular weight excluding hydrogens is 307 g/mol. The zero-order chi connectivity index (χ0) is 16.6. The first-order valence-corrected chi connectivity index (χ1v) is 7.66. The summed E-state index contributed by atoms with van der Waals surface area (Å²) in [4.78, 5) is 3.71. The van der Waals surface area contributed by atoms with Crippen LogP contribution < -0.4 is 5.32 Å². The fraction of sp³-hybridized carbons (Fsp3) is 0.600. The maximum Gasteiger partial charge on any atom is 0.434 e. The average molecular weight is 327 g/mol. The minimum Gasteiger partial charge on any atom is -0.334 e. The molecule has 23 heavy (non-hydrogen) atoms. The summed E-state index contributed by atoms with van der Waals surface area (Å²) in [5.74, 6) is 0.853. The minimum atomic E-state index is -4.37. The number of nitrogens with one attached hydrogen (secondary N) is 1. The summed E-state index contributed by atoms with van der Waals surface area (Å²) < 4.78 is 41.5. The molecule has 0 aliphatic carbocycles. The number of hydrogen-bond acceptors (Lipinski definition) is 3. The van der Waals surface area contributed by atoms with Crippen LogP contribution >= 0.6 is 0 Å². The van der Waals surface area contributed by atoms with E-state index in [1.165, 1.54) is 0 Å². The van der Waals surface area contributed by atoms with Gasteiger partial charge in [0.15, 0.2) is 5.69 Å². The number of imidazole rings is 1. The van der Waals surface area contributed by atoms with Gasteiger partial charge >= 0.3 is 6.18 Å². The van der Waals surface area contributed by atoms with Crippen molar-refractivity contribution in [2.45, 2.75) is 39.0 Å². The van der Waals surface area contributed by atoms with Crippen molar-refractivity contribution in [2.75, 3.05) is 6.54 Å². The Kier molecular flexibility index (Phi) is 4.18. The molecule has 126 valence electrons. The van der Waals surface area contributed by atoms with Gasteiger partial charge in [-0.05, 0) is 25.8 Å². The molecule has 1 N–H and O–H groups in total. The molecule has 2 aromatic heterocycles. The van der Waals surface area contributed by atoms with Crippen LogP contribution in [-0.2, 0) is 32.7 Å². The fourth-order valence-electron chi connectivity index (χ4n) is 3.05. The third-order valence-electron chi connectivity index (χ3n) is 4.24. The van der Waals surface area contributed by atoms with E-state index >= 15 is 0 Å². The van der Waals surface area contributed by atoms with Crippen molar-refractivity contribution in [1.29, 1.82) is 0 Å². The molecule has 1 aliphatic rings. The molecule has 0 bridgehead atoms. The Labute approximate surface area is 132 Å². The highest BCUT2D eigenvalue weighted by Gasteiger charge is 2.35. The van der Waals surface area contributed by atoms with E-state index < -0.39 is 11.9 Å². The van der Waals surface area contributed by atoms with Crippen LogP contribution in [0.15, 0.2) is 12.4 Å². The van der Waals surface area contributed by atoms with E-state index in [0.717, 1.165) is 37.0 Å². The lowest BCUT2D eigenvalue weighted by molar-refractivity contribution is -0.141. The zero-order valence-electron chi connectivity index (χ0n) is 13.2. The molecule has 8 heteroatoms. The normalized spacial score (nSPS) is 18.2. The highest BCUT2D eigenvalue weighted by atomic mass is 19.4. The largest absolute Gasteiger partial charge is 0.434 e. The van der Waals surface area contributed by atoms with Gasteiger partial charge in [0.05, 0.1) is 5.69 Å². The molecule has 1 aliphatic heterocycles. The van der Waals surface area contributed by atoms with Crippen LogP contribution in [0.5, 0.6) is 0 Å². The van der Waals surface area contributed by atoms with Crippen molar-refractivity contribution >= 4 is 0 Å². The Hall–Kier alpha value is -1.83. The molecule has 2 aromatic rings. The number of fused-ring (bicyclic) bond motifs is 1. The Morgan fingerprint density at radius 1 is 1.35 bits per heavy atom. The van der Waals surface area contributed by atoms with Crippen LogP contribution in [0.4, 0.5) is 13.2 Å². The molecule has 0 saturated carbocycles. The molecular formula is C15H20F3N5. The average Bonchev–Trinajstić information content (AvgIpc) is 3.01. The Bertz CT molecular complexity index is 686. The van der Waals surface area contributed by atoms with E-state index in [0.29, 0.717) is 24.7 Å². The van der Waals surface area contributed by atoms with Gasteiger partial charge in [-0.25, -0.2) is 4.98 Å². The van der Waals surface area contributed by atoms with Gasteiger partial charge in [-0.2, -0.15) is 18.3 Å². The van der Waals surface area contributed by atoms with Crippen molar-refractivity contribution in [2.24, 2.45) is 13.0 Å². The first-order chi connectivity index (χ1) is 10.8. The molecule has 5 nitrogen and oxygen atoms in total. The Morgan fingerprint density at radius 3 is 2.78 bits per heavy atom. The lowest BCUT2D eigenvalue weighted by Gasteiger charge is -2.23. The van der Waals surface area contributed by atoms with Crippen molar-refractivity contribution in [3.05, 3.63) is 35.2 Å². The molecule has 0 aromatic carbocycles. The summed E-state index contributed by atoms with van der Waals surface area (Å²) in [5, 5.41) is 7.67. The SMILES string of the molecule is Cc1nn(C)cc1CNC[C@@H]1CCc2nc(C(F)(F)F)cn2C1. The van der Waals surface area contributed by atoms with Crippen molar-refractivity contribution in [3.63, 3.8) is 0 Å². The smallest absolute Gasteiger partial charge is 0.334 e. The van der Waals surface area contributed by atoms with Gasteiger partial charge in [0.1, 0.15) is 5.82 Å². The maximum atomic E-state index is 12.7. The highest BCUT2D eigenvalue weighted by molar-refractivity contribution is 5.15. The molecule has 0 radical (unpaired) electrons. The van der Waals surface area contributed by atoms with Crippen LogP contribution in [0.25, 0.3) is 0 Å². The zero-order valence-corrected chi connectivity index (χ0v) is 13.2. The second kappa shape index (κ2) is 5.99. The topological polar surface area (TPSA) is 47.7 Å². The first kappa shape index (κ1) is 16.0. The van der Waals surface area contributed by atoms with E-state index in [-0.39, 0.29) is 0 Å². The van der Waals surface area contributed by atoms with E-state index in [4.69, 9.17) is 0 Å². The summed E-state index contributed by atoms with van der Waals surface area (Å²) >= 11 is 0. The number of hydrogen-bond donors (Lipinski definition) is 1. The number of nitrogens with zero attached hydrogens (tertiary/aromatic N) is 4. The van der Waals surface area contributed by atoms with Gasteiger partial charge in [-0.1, -0.05) is 0 Å². The predicted molar refractivity (Wildman–Crippen MR) is 78.7 cm³/mol. The Balaban J connectivity index is 1.55.